The maximum Gasteiger partial charge on any atom is 0.273 e. The van der Waals surface area contributed by atoms with Gasteiger partial charge >= 0.3 is 0 Å². The first kappa shape index (κ1) is 27.3. The summed E-state index contributed by atoms with van der Waals surface area (Å²) >= 11 is 6.10. The van der Waals surface area contributed by atoms with E-state index in [4.69, 9.17) is 21.1 Å². The molecule has 0 atom stereocenters. The lowest BCUT2D eigenvalue weighted by molar-refractivity contribution is 0.0956. The number of para-hydroxylation sites is 2. The molecule has 0 aliphatic rings. The Morgan fingerprint density at radius 3 is 2.31 bits per heavy atom. The highest BCUT2D eigenvalue weighted by molar-refractivity contribution is 6.31. The Bertz CT molecular complexity index is 1520. The quantitative estimate of drug-likeness (QED) is 0.191. The van der Waals surface area contributed by atoms with Gasteiger partial charge in [-0.15, -0.1) is 0 Å². The van der Waals surface area contributed by atoms with Crippen molar-refractivity contribution in [2.24, 2.45) is 5.10 Å². The summed E-state index contributed by atoms with van der Waals surface area (Å²) in [4.78, 5) is 25.4. The number of hydrogen-bond acceptors (Lipinski definition) is 5. The maximum atomic E-state index is 14.2. The number of rotatable bonds is 9. The third kappa shape index (κ3) is 6.58. The lowest BCUT2D eigenvalue weighted by Crippen LogP contribution is -2.21. The minimum Gasteiger partial charge on any atom is -0.493 e. The summed E-state index contributed by atoms with van der Waals surface area (Å²) in [5, 5.41) is 6.77. The van der Waals surface area contributed by atoms with E-state index in [0.717, 1.165) is 0 Å². The molecule has 0 heterocycles. The van der Waals surface area contributed by atoms with Crippen molar-refractivity contribution >= 4 is 35.3 Å². The van der Waals surface area contributed by atoms with Gasteiger partial charge in [0.05, 0.1) is 35.2 Å². The van der Waals surface area contributed by atoms with Gasteiger partial charge in [-0.3, -0.25) is 9.59 Å². The van der Waals surface area contributed by atoms with Crippen LogP contribution >= 0.6 is 11.6 Å². The maximum absolute atomic E-state index is 14.2. The Morgan fingerprint density at radius 2 is 1.56 bits per heavy atom. The Hall–Kier alpha value is -4.76. The van der Waals surface area contributed by atoms with Crippen LogP contribution in [0.25, 0.3) is 0 Å². The minimum absolute atomic E-state index is 0.107. The van der Waals surface area contributed by atoms with E-state index in [0.29, 0.717) is 11.3 Å². The van der Waals surface area contributed by atoms with Crippen LogP contribution in [0.2, 0.25) is 5.02 Å². The van der Waals surface area contributed by atoms with Crippen LogP contribution in [0.5, 0.6) is 11.5 Å². The number of methoxy groups -OCH3 is 1. The van der Waals surface area contributed by atoms with Crippen molar-refractivity contribution in [2.45, 2.75) is 6.61 Å². The highest BCUT2D eigenvalue weighted by atomic mass is 35.5. The van der Waals surface area contributed by atoms with Crippen molar-refractivity contribution in [3.63, 3.8) is 0 Å². The van der Waals surface area contributed by atoms with Crippen LogP contribution in [0.3, 0.4) is 0 Å². The highest BCUT2D eigenvalue weighted by Gasteiger charge is 2.17. The Balaban J connectivity index is 1.50. The fraction of sp³-hybridized carbons (Fsp3) is 0.0690. The molecule has 0 unspecified atom stereocenters. The standard InChI is InChI=1S/C29H22ClF2N3O4/c1-38-26-15-6-8-18(27(26)39-17-21-22(30)11-7-13-24(21)32)16-33-35-29(37)20-10-3-5-14-25(20)34-28(36)19-9-2-4-12-23(19)31/h2-16H,17H2,1H3,(H,34,36)(H,35,37)/b33-16+. The van der Waals surface area contributed by atoms with Crippen molar-refractivity contribution in [1.29, 1.82) is 0 Å². The van der Waals surface area contributed by atoms with Crippen molar-refractivity contribution in [3.8, 4) is 11.5 Å². The highest BCUT2D eigenvalue weighted by Crippen LogP contribution is 2.32. The largest absolute Gasteiger partial charge is 0.493 e. The second-order valence-electron chi connectivity index (χ2n) is 8.05. The number of nitrogens with zero attached hydrogens (tertiary/aromatic N) is 1. The monoisotopic (exact) mass is 549 g/mol. The lowest BCUT2D eigenvalue weighted by atomic mass is 10.1. The summed E-state index contributed by atoms with van der Waals surface area (Å²) in [6.07, 6.45) is 1.33. The molecule has 39 heavy (non-hydrogen) atoms. The van der Waals surface area contributed by atoms with E-state index in [9.17, 15) is 18.4 Å². The average Bonchev–Trinajstić information content (AvgIpc) is 2.93. The van der Waals surface area contributed by atoms with Crippen LogP contribution in [0, 0.1) is 11.6 Å². The molecule has 0 spiro atoms. The van der Waals surface area contributed by atoms with E-state index in [-0.39, 0.29) is 39.8 Å². The molecule has 198 valence electrons. The summed E-state index contributed by atoms with van der Waals surface area (Å²) in [6.45, 7) is -0.172. The molecule has 0 bridgehead atoms. The zero-order chi connectivity index (χ0) is 27.8. The zero-order valence-corrected chi connectivity index (χ0v) is 21.3. The molecule has 10 heteroatoms. The Morgan fingerprint density at radius 1 is 0.872 bits per heavy atom. The van der Waals surface area contributed by atoms with Crippen molar-refractivity contribution in [3.05, 3.63) is 124 Å². The predicted octanol–water partition coefficient (Wildman–Crippen LogP) is 6.22. The fourth-order valence-electron chi connectivity index (χ4n) is 3.61. The van der Waals surface area contributed by atoms with Gasteiger partial charge in [0.2, 0.25) is 0 Å². The van der Waals surface area contributed by atoms with Crippen molar-refractivity contribution in [2.75, 3.05) is 12.4 Å². The number of hydrogen-bond donors (Lipinski definition) is 2. The van der Waals surface area contributed by atoms with Crippen molar-refractivity contribution < 1.29 is 27.8 Å². The van der Waals surface area contributed by atoms with Crippen LogP contribution in [-0.2, 0) is 6.61 Å². The van der Waals surface area contributed by atoms with Gasteiger partial charge in [0.25, 0.3) is 11.8 Å². The number of carbonyl (C=O) groups is 2. The second kappa shape index (κ2) is 12.7. The van der Waals surface area contributed by atoms with Crippen molar-refractivity contribution in [1.82, 2.24) is 5.43 Å². The topological polar surface area (TPSA) is 89.0 Å². The number of nitrogens with one attached hydrogen (secondary N) is 2. The van der Waals surface area contributed by atoms with E-state index in [2.05, 4.69) is 15.8 Å². The van der Waals surface area contributed by atoms with Gasteiger partial charge in [0.15, 0.2) is 11.5 Å². The molecule has 4 aromatic carbocycles. The Kier molecular flexibility index (Phi) is 8.86. The van der Waals surface area contributed by atoms with Gasteiger partial charge in [0, 0.05) is 11.1 Å². The van der Waals surface area contributed by atoms with Crippen LogP contribution in [0.15, 0.2) is 90.0 Å². The molecule has 0 aliphatic heterocycles. The molecule has 0 aromatic heterocycles. The van der Waals surface area contributed by atoms with Gasteiger partial charge in [-0.05, 0) is 48.5 Å². The average molecular weight is 550 g/mol. The molecule has 2 N–H and O–H groups in total. The number of anilines is 1. The molecule has 4 rings (SSSR count). The number of benzene rings is 4. The van der Waals surface area contributed by atoms with Gasteiger partial charge in [-0.1, -0.05) is 48.0 Å². The third-order valence-electron chi connectivity index (χ3n) is 5.56. The first-order chi connectivity index (χ1) is 18.9. The predicted molar refractivity (Wildman–Crippen MR) is 145 cm³/mol. The molecule has 0 aliphatic carbocycles. The summed E-state index contributed by atoms with van der Waals surface area (Å²) in [7, 11) is 1.45. The van der Waals surface area contributed by atoms with Gasteiger partial charge in [-0.2, -0.15) is 5.10 Å². The summed E-state index contributed by atoms with van der Waals surface area (Å²) in [5.41, 5.74) is 3.13. The molecule has 4 aromatic rings. The first-order valence-electron chi connectivity index (χ1n) is 11.6. The molecule has 2 amide bonds. The minimum atomic E-state index is -0.704. The zero-order valence-electron chi connectivity index (χ0n) is 20.6. The van der Waals surface area contributed by atoms with Crippen LogP contribution < -0.4 is 20.2 Å². The summed E-state index contributed by atoms with van der Waals surface area (Å²) in [6, 6.07) is 21.1. The second-order valence-corrected chi connectivity index (χ2v) is 8.45. The smallest absolute Gasteiger partial charge is 0.273 e. The van der Waals surface area contributed by atoms with E-state index in [1.165, 1.54) is 61.9 Å². The SMILES string of the molecule is COc1cccc(/C=N/NC(=O)c2ccccc2NC(=O)c2ccccc2F)c1OCc1c(F)cccc1Cl. The molecular formula is C29H22ClF2N3O4. The molecule has 0 saturated carbocycles. The van der Waals surface area contributed by atoms with E-state index in [1.807, 2.05) is 0 Å². The van der Waals surface area contributed by atoms with Crippen LogP contribution in [0.4, 0.5) is 14.5 Å². The number of ether oxygens (including phenoxy) is 2. The number of carbonyl (C=O) groups excluding carboxylic acids is 2. The van der Waals surface area contributed by atoms with Gasteiger partial charge < -0.3 is 14.8 Å². The number of halogens is 3. The summed E-state index contributed by atoms with van der Waals surface area (Å²) < 4.78 is 39.4. The molecule has 0 radical (unpaired) electrons. The number of hydrazone groups is 1. The lowest BCUT2D eigenvalue weighted by Gasteiger charge is -2.14. The van der Waals surface area contributed by atoms with E-state index < -0.39 is 23.4 Å². The molecule has 7 nitrogen and oxygen atoms in total. The first-order valence-corrected chi connectivity index (χ1v) is 12.0. The van der Waals surface area contributed by atoms with E-state index >= 15 is 0 Å². The van der Waals surface area contributed by atoms with E-state index in [1.54, 1.807) is 36.4 Å². The van der Waals surface area contributed by atoms with Crippen LogP contribution in [-0.4, -0.2) is 25.1 Å². The molecule has 0 fully saturated rings. The molecular weight excluding hydrogens is 528 g/mol. The third-order valence-corrected chi connectivity index (χ3v) is 5.91. The van der Waals surface area contributed by atoms with Gasteiger partial charge in [0.1, 0.15) is 18.2 Å². The van der Waals surface area contributed by atoms with Crippen LogP contribution in [0.1, 0.15) is 31.8 Å². The number of amides is 2. The Labute approximate surface area is 228 Å². The normalized spacial score (nSPS) is 10.8. The summed E-state index contributed by atoms with van der Waals surface area (Å²) in [5.74, 6) is -1.91. The van der Waals surface area contributed by atoms with Gasteiger partial charge in [-0.25, -0.2) is 14.2 Å². The molecule has 0 saturated heterocycles. The fourth-order valence-corrected chi connectivity index (χ4v) is 3.83.